The van der Waals surface area contributed by atoms with Crippen molar-refractivity contribution in [1.29, 1.82) is 0 Å². The Hall–Kier alpha value is -1.30. The lowest BCUT2D eigenvalue weighted by atomic mass is 10.1. The van der Waals surface area contributed by atoms with Crippen LogP contribution >= 0.6 is 0 Å². The summed E-state index contributed by atoms with van der Waals surface area (Å²) in [5.41, 5.74) is -1.17. The van der Waals surface area contributed by atoms with Crippen LogP contribution < -0.4 is 0 Å². The van der Waals surface area contributed by atoms with Crippen molar-refractivity contribution in [3.63, 3.8) is 0 Å². The standard InChI is InChI=1S/C14H26N2O4/c1-13(2,3)19-11(17)10-8-9-15(7)16(10)12(18)20-14(4,5)6/h10H,8-9H2,1-7H3. The third-order valence-electron chi connectivity index (χ3n) is 2.65. The number of amides is 1. The minimum Gasteiger partial charge on any atom is -0.458 e. The molecular weight excluding hydrogens is 260 g/mol. The number of carbonyl (C=O) groups excluding carboxylic acids is 2. The summed E-state index contributed by atoms with van der Waals surface area (Å²) in [6.45, 7) is 11.4. The van der Waals surface area contributed by atoms with Crippen LogP contribution in [0.4, 0.5) is 4.79 Å². The highest BCUT2D eigenvalue weighted by Gasteiger charge is 2.42. The summed E-state index contributed by atoms with van der Waals surface area (Å²) in [7, 11) is 1.76. The first-order chi connectivity index (χ1) is 8.91. The number of hydrogen-bond donors (Lipinski definition) is 0. The third-order valence-corrected chi connectivity index (χ3v) is 2.65. The van der Waals surface area contributed by atoms with Crippen molar-refractivity contribution < 1.29 is 19.1 Å². The Morgan fingerprint density at radius 1 is 1.00 bits per heavy atom. The van der Waals surface area contributed by atoms with E-state index in [1.54, 1.807) is 53.6 Å². The van der Waals surface area contributed by atoms with Crippen molar-refractivity contribution in [3.8, 4) is 0 Å². The predicted molar refractivity (Wildman–Crippen MR) is 75.0 cm³/mol. The molecule has 1 rings (SSSR count). The Balaban J connectivity index is 2.81. The van der Waals surface area contributed by atoms with Gasteiger partial charge in [0, 0.05) is 13.6 Å². The molecule has 1 amide bonds. The maximum atomic E-state index is 12.2. The fraction of sp³-hybridized carbons (Fsp3) is 0.857. The van der Waals surface area contributed by atoms with E-state index in [1.165, 1.54) is 5.01 Å². The lowest BCUT2D eigenvalue weighted by Crippen LogP contribution is -2.50. The quantitative estimate of drug-likeness (QED) is 0.691. The number of esters is 1. The highest BCUT2D eigenvalue weighted by molar-refractivity contribution is 5.82. The lowest BCUT2D eigenvalue weighted by Gasteiger charge is -2.32. The van der Waals surface area contributed by atoms with Crippen molar-refractivity contribution in [1.82, 2.24) is 10.0 Å². The van der Waals surface area contributed by atoms with Crippen molar-refractivity contribution in [2.24, 2.45) is 0 Å². The molecule has 0 spiro atoms. The molecule has 1 aliphatic heterocycles. The Morgan fingerprint density at radius 2 is 1.50 bits per heavy atom. The molecule has 116 valence electrons. The van der Waals surface area contributed by atoms with Gasteiger partial charge in [0.15, 0.2) is 6.04 Å². The van der Waals surface area contributed by atoms with E-state index in [9.17, 15) is 9.59 Å². The van der Waals surface area contributed by atoms with Crippen molar-refractivity contribution in [2.75, 3.05) is 13.6 Å². The Kier molecular flexibility index (Phi) is 4.69. The molecule has 0 saturated carbocycles. The SMILES string of the molecule is CN1CCC(C(=O)OC(C)(C)C)N1C(=O)OC(C)(C)C. The van der Waals surface area contributed by atoms with Crippen molar-refractivity contribution in [2.45, 2.75) is 65.2 Å². The number of hydrogen-bond acceptors (Lipinski definition) is 5. The van der Waals surface area contributed by atoms with Crippen LogP contribution in [0.15, 0.2) is 0 Å². The molecule has 1 atom stereocenters. The van der Waals surface area contributed by atoms with Crippen LogP contribution in [-0.4, -0.2) is 52.9 Å². The highest BCUT2D eigenvalue weighted by Crippen LogP contribution is 2.23. The van der Waals surface area contributed by atoms with E-state index in [2.05, 4.69) is 0 Å². The molecule has 0 N–H and O–H groups in total. The number of hydrazine groups is 1. The molecule has 0 aromatic rings. The molecule has 1 unspecified atom stereocenters. The van der Waals surface area contributed by atoms with Gasteiger partial charge in [0.25, 0.3) is 0 Å². The summed E-state index contributed by atoms with van der Waals surface area (Å²) in [5, 5.41) is 3.04. The zero-order chi connectivity index (χ0) is 15.7. The van der Waals surface area contributed by atoms with Crippen LogP contribution in [0, 0.1) is 0 Å². The predicted octanol–water partition coefficient (Wildman–Crippen LogP) is 2.18. The van der Waals surface area contributed by atoms with E-state index in [0.717, 1.165) is 0 Å². The first kappa shape index (κ1) is 16.8. The van der Waals surface area contributed by atoms with Crippen molar-refractivity contribution in [3.05, 3.63) is 0 Å². The first-order valence-electron chi connectivity index (χ1n) is 6.87. The van der Waals surface area contributed by atoms with Crippen molar-refractivity contribution >= 4 is 12.1 Å². The van der Waals surface area contributed by atoms with Gasteiger partial charge in [-0.15, -0.1) is 0 Å². The Morgan fingerprint density at radius 3 is 1.95 bits per heavy atom. The molecule has 6 nitrogen and oxygen atoms in total. The maximum absolute atomic E-state index is 12.2. The van der Waals surface area contributed by atoms with E-state index >= 15 is 0 Å². The number of carbonyl (C=O) groups is 2. The van der Waals surface area contributed by atoms with Crippen LogP contribution in [0.25, 0.3) is 0 Å². The summed E-state index contributed by atoms with van der Waals surface area (Å²) in [5.74, 6) is -0.396. The topological polar surface area (TPSA) is 59.1 Å². The van der Waals surface area contributed by atoms with E-state index in [0.29, 0.717) is 13.0 Å². The monoisotopic (exact) mass is 286 g/mol. The van der Waals surface area contributed by atoms with E-state index < -0.39 is 29.3 Å². The van der Waals surface area contributed by atoms with Crippen LogP contribution in [0.2, 0.25) is 0 Å². The van der Waals surface area contributed by atoms with Gasteiger partial charge in [-0.25, -0.2) is 19.6 Å². The molecule has 0 aromatic carbocycles. The fourth-order valence-electron chi connectivity index (χ4n) is 1.94. The molecule has 20 heavy (non-hydrogen) atoms. The van der Waals surface area contributed by atoms with Crippen LogP contribution in [0.3, 0.4) is 0 Å². The van der Waals surface area contributed by atoms with Gasteiger partial charge >= 0.3 is 12.1 Å². The molecule has 0 bridgehead atoms. The maximum Gasteiger partial charge on any atom is 0.425 e. The van der Waals surface area contributed by atoms with E-state index in [4.69, 9.17) is 9.47 Å². The summed E-state index contributed by atoms with van der Waals surface area (Å²) in [6.07, 6.45) is 0.0262. The zero-order valence-corrected chi connectivity index (χ0v) is 13.5. The number of ether oxygens (including phenoxy) is 2. The smallest absolute Gasteiger partial charge is 0.425 e. The molecule has 0 aromatic heterocycles. The second kappa shape index (κ2) is 5.60. The first-order valence-corrected chi connectivity index (χ1v) is 6.87. The third kappa shape index (κ3) is 4.67. The van der Waals surface area contributed by atoms with E-state index in [-0.39, 0.29) is 0 Å². The zero-order valence-electron chi connectivity index (χ0n) is 13.5. The normalized spacial score (nSPS) is 20.9. The molecule has 6 heteroatoms. The van der Waals surface area contributed by atoms with Gasteiger partial charge in [-0.05, 0) is 48.0 Å². The lowest BCUT2D eigenvalue weighted by molar-refractivity contribution is -0.163. The van der Waals surface area contributed by atoms with Gasteiger partial charge in [0.1, 0.15) is 11.2 Å². The summed E-state index contributed by atoms with van der Waals surface area (Å²) in [4.78, 5) is 24.4. The minimum atomic E-state index is -0.617. The van der Waals surface area contributed by atoms with Gasteiger partial charge in [0.2, 0.25) is 0 Å². The Labute approximate surface area is 121 Å². The van der Waals surface area contributed by atoms with Gasteiger partial charge < -0.3 is 9.47 Å². The van der Waals surface area contributed by atoms with Gasteiger partial charge in [-0.1, -0.05) is 0 Å². The molecule has 0 aliphatic carbocycles. The molecular formula is C14H26N2O4. The summed E-state index contributed by atoms with van der Waals surface area (Å²) < 4.78 is 10.7. The average Bonchev–Trinajstić information content (AvgIpc) is 2.54. The molecule has 1 heterocycles. The Bertz CT molecular complexity index is 382. The highest BCUT2D eigenvalue weighted by atomic mass is 16.6. The summed E-state index contributed by atoms with van der Waals surface area (Å²) >= 11 is 0. The number of nitrogens with zero attached hydrogens (tertiary/aromatic N) is 2. The molecule has 0 radical (unpaired) electrons. The second-order valence-corrected chi connectivity index (χ2v) is 7.04. The van der Waals surface area contributed by atoms with Crippen LogP contribution in [-0.2, 0) is 14.3 Å². The average molecular weight is 286 g/mol. The van der Waals surface area contributed by atoms with E-state index in [1.807, 2.05) is 0 Å². The largest absolute Gasteiger partial charge is 0.458 e. The number of rotatable bonds is 1. The van der Waals surface area contributed by atoms with Gasteiger partial charge in [0.05, 0.1) is 0 Å². The second-order valence-electron chi connectivity index (χ2n) is 7.04. The van der Waals surface area contributed by atoms with Crippen LogP contribution in [0.5, 0.6) is 0 Å². The minimum absolute atomic E-state index is 0.396. The van der Waals surface area contributed by atoms with Gasteiger partial charge in [-0.2, -0.15) is 0 Å². The molecule has 1 fully saturated rings. The van der Waals surface area contributed by atoms with Crippen LogP contribution in [0.1, 0.15) is 48.0 Å². The fourth-order valence-corrected chi connectivity index (χ4v) is 1.94. The summed E-state index contributed by atoms with van der Waals surface area (Å²) in [6, 6.07) is -0.617. The van der Waals surface area contributed by atoms with Gasteiger partial charge in [-0.3, -0.25) is 0 Å². The molecule has 1 saturated heterocycles. The molecule has 1 aliphatic rings.